The highest BCUT2D eigenvalue weighted by atomic mass is 16.5. The molecule has 4 aromatic rings. The number of rotatable bonds is 5. The summed E-state index contributed by atoms with van der Waals surface area (Å²) in [7, 11) is 2.19. The minimum Gasteiger partial charge on any atom is -0.484 e. The Labute approximate surface area is 263 Å². The highest BCUT2D eigenvalue weighted by Gasteiger charge is 2.30. The lowest BCUT2D eigenvalue weighted by Crippen LogP contribution is -2.36. The third-order valence-electron chi connectivity index (χ3n) is 8.44. The zero-order valence-electron chi connectivity index (χ0n) is 27.0. The molecule has 0 bridgehead atoms. The molecule has 1 aliphatic carbocycles. The van der Waals surface area contributed by atoms with Gasteiger partial charge in [-0.1, -0.05) is 58.9 Å². The second-order valence-corrected chi connectivity index (χ2v) is 13.3. The van der Waals surface area contributed by atoms with Crippen molar-refractivity contribution in [2.45, 2.75) is 96.7 Å². The van der Waals surface area contributed by atoms with Crippen LogP contribution in [-0.4, -0.2) is 55.1 Å². The molecule has 0 unspecified atom stereocenters. The predicted octanol–water partition coefficient (Wildman–Crippen LogP) is 7.31. The van der Waals surface area contributed by atoms with Crippen LogP contribution < -0.4 is 15.4 Å². The minimum absolute atomic E-state index is 0. The van der Waals surface area contributed by atoms with Gasteiger partial charge in [0.1, 0.15) is 29.8 Å². The van der Waals surface area contributed by atoms with Crippen molar-refractivity contribution < 1.29 is 12.4 Å². The van der Waals surface area contributed by atoms with Gasteiger partial charge in [-0.25, -0.2) is 14.8 Å². The van der Waals surface area contributed by atoms with Crippen LogP contribution in [0.15, 0.2) is 55.0 Å². The molecule has 2 aliphatic rings. The lowest BCUT2D eigenvalue weighted by molar-refractivity contribution is 0.171. The van der Waals surface area contributed by atoms with E-state index in [4.69, 9.17) is 9.72 Å². The first-order chi connectivity index (χ1) is 21.0. The molecule has 3 atom stereocenters. The maximum atomic E-state index is 13.1. The van der Waals surface area contributed by atoms with Crippen molar-refractivity contribution in [3.05, 3.63) is 77.6 Å². The van der Waals surface area contributed by atoms with E-state index in [0.717, 1.165) is 52.9 Å². The highest BCUT2D eigenvalue weighted by molar-refractivity contribution is 5.88. The Hall–Kier alpha value is -4.05. The van der Waals surface area contributed by atoms with Crippen LogP contribution in [0.1, 0.15) is 111 Å². The molecule has 10 nitrogen and oxygen atoms in total. The second kappa shape index (κ2) is 13.3. The highest BCUT2D eigenvalue weighted by Crippen LogP contribution is 2.39. The van der Waals surface area contributed by atoms with Gasteiger partial charge in [-0.05, 0) is 69.5 Å². The number of carbonyl (C=O) groups is 1. The van der Waals surface area contributed by atoms with Gasteiger partial charge in [0.15, 0.2) is 5.65 Å². The fourth-order valence-corrected chi connectivity index (χ4v) is 5.62. The Morgan fingerprint density at radius 3 is 2.50 bits per heavy atom. The van der Waals surface area contributed by atoms with Crippen molar-refractivity contribution in [3.63, 3.8) is 0 Å². The van der Waals surface area contributed by atoms with E-state index in [2.05, 4.69) is 77.6 Å². The van der Waals surface area contributed by atoms with E-state index in [1.165, 1.54) is 19.4 Å². The molecule has 2 amide bonds. The van der Waals surface area contributed by atoms with Crippen molar-refractivity contribution in [3.8, 4) is 5.75 Å². The summed E-state index contributed by atoms with van der Waals surface area (Å²) in [5.74, 6) is 2.13. The number of likely N-dealkylation sites (tertiary alicyclic amines) is 1. The molecule has 0 saturated carbocycles. The number of pyridine rings is 1. The third-order valence-corrected chi connectivity index (χ3v) is 8.44. The van der Waals surface area contributed by atoms with Gasteiger partial charge in [0.2, 0.25) is 0 Å². The number of urea groups is 1. The number of aromatic nitrogens is 5. The van der Waals surface area contributed by atoms with Crippen LogP contribution in [0.3, 0.4) is 0 Å². The molecule has 3 aromatic heterocycles. The summed E-state index contributed by atoms with van der Waals surface area (Å²) in [5.41, 5.74) is 3.64. The number of hydrogen-bond donors (Lipinski definition) is 2. The van der Waals surface area contributed by atoms with Gasteiger partial charge in [-0.2, -0.15) is 0 Å². The molecule has 10 heteroatoms. The van der Waals surface area contributed by atoms with Gasteiger partial charge in [-0.15, -0.1) is 10.2 Å². The lowest BCUT2D eigenvalue weighted by atomic mass is 9.85. The van der Waals surface area contributed by atoms with Crippen LogP contribution in [0, 0.1) is 0 Å². The summed E-state index contributed by atoms with van der Waals surface area (Å²) >= 11 is 0. The summed E-state index contributed by atoms with van der Waals surface area (Å²) in [6, 6.07) is 14.2. The average molecular weight is 603 g/mol. The number of fused-ring (bicyclic) bond motifs is 2. The zero-order chi connectivity index (χ0) is 31.4. The molecule has 1 saturated heterocycles. The van der Waals surface area contributed by atoms with E-state index in [9.17, 15) is 4.79 Å². The van der Waals surface area contributed by atoms with Gasteiger partial charge in [-0.3, -0.25) is 9.72 Å². The summed E-state index contributed by atoms with van der Waals surface area (Å²) in [6.45, 7) is 14.0. The topological polar surface area (TPSA) is 110 Å². The van der Waals surface area contributed by atoms with Gasteiger partial charge >= 0.3 is 6.03 Å². The van der Waals surface area contributed by atoms with Crippen LogP contribution in [0.25, 0.3) is 5.65 Å². The number of amides is 2. The van der Waals surface area contributed by atoms with Crippen molar-refractivity contribution >= 4 is 17.5 Å². The molecule has 2 N–H and O–H groups in total. The molecule has 0 spiro atoms. The number of nitrogens with one attached hydrogen (secondary N) is 2. The lowest BCUT2D eigenvalue weighted by Gasteiger charge is -2.32. The van der Waals surface area contributed by atoms with Crippen LogP contribution in [0.5, 0.6) is 5.75 Å². The van der Waals surface area contributed by atoms with E-state index in [1.807, 2.05) is 54.8 Å². The number of benzene rings is 1. The number of anilines is 1. The first-order valence-corrected chi connectivity index (χ1v) is 15.7. The maximum Gasteiger partial charge on any atom is 0.320 e. The van der Waals surface area contributed by atoms with Crippen molar-refractivity contribution in [1.29, 1.82) is 0 Å². The molecule has 1 aromatic carbocycles. The molecular weight excluding hydrogens is 552 g/mol. The summed E-state index contributed by atoms with van der Waals surface area (Å²) in [4.78, 5) is 24.8. The van der Waals surface area contributed by atoms with E-state index in [1.54, 1.807) is 6.33 Å². The molecular formula is C34H50N8O2. The molecule has 1 aliphatic heterocycles. The van der Waals surface area contributed by atoms with Crippen molar-refractivity contribution in [1.82, 2.24) is 34.8 Å². The smallest absolute Gasteiger partial charge is 0.320 e. The molecule has 4 heterocycles. The fraction of sp³-hybridized carbons (Fsp3) is 0.500. The molecule has 1 fully saturated rings. The Bertz CT molecular complexity index is 1580. The van der Waals surface area contributed by atoms with E-state index >= 15 is 0 Å². The van der Waals surface area contributed by atoms with E-state index in [0.29, 0.717) is 5.82 Å². The number of carbonyl (C=O) groups excluding carboxylic acids is 1. The quantitative estimate of drug-likeness (QED) is 0.246. The van der Waals surface area contributed by atoms with Gasteiger partial charge in [0.25, 0.3) is 0 Å². The SMILES string of the molecule is CC(C)c1nc(NC(=O)N[C@H]2CC[C@@H](Oc3ccc4nncn4c3)c3ccccc32)cc(C(C)(C)C)n1.C[C@H]1CCCN1C.[HH].[HH]. The number of nitrogens with zero attached hydrogens (tertiary/aromatic N) is 6. The van der Waals surface area contributed by atoms with Crippen LogP contribution in [-0.2, 0) is 5.41 Å². The van der Waals surface area contributed by atoms with E-state index in [-0.39, 0.29) is 32.4 Å². The average Bonchev–Trinajstić information content (AvgIpc) is 3.61. The van der Waals surface area contributed by atoms with E-state index < -0.39 is 0 Å². The third kappa shape index (κ3) is 7.53. The number of hydrogen-bond acceptors (Lipinski definition) is 7. The monoisotopic (exact) mass is 602 g/mol. The summed E-state index contributed by atoms with van der Waals surface area (Å²) in [6.07, 6.45) is 7.74. The summed E-state index contributed by atoms with van der Waals surface area (Å²) in [5, 5.41) is 14.1. The molecule has 238 valence electrons. The van der Waals surface area contributed by atoms with Gasteiger partial charge in [0.05, 0.1) is 17.9 Å². The predicted molar refractivity (Wildman–Crippen MR) is 177 cm³/mol. The first kappa shape index (κ1) is 31.4. The Morgan fingerprint density at radius 2 is 1.84 bits per heavy atom. The van der Waals surface area contributed by atoms with Gasteiger partial charge in [0, 0.05) is 26.3 Å². The Morgan fingerprint density at radius 1 is 1.07 bits per heavy atom. The zero-order valence-corrected chi connectivity index (χ0v) is 27.0. The molecule has 44 heavy (non-hydrogen) atoms. The van der Waals surface area contributed by atoms with Crippen LogP contribution in [0.2, 0.25) is 0 Å². The normalized spacial score (nSPS) is 20.1. The van der Waals surface area contributed by atoms with Crippen molar-refractivity contribution in [2.24, 2.45) is 0 Å². The second-order valence-electron chi connectivity index (χ2n) is 13.3. The maximum absolute atomic E-state index is 13.1. The number of ether oxygens (including phenoxy) is 1. The van der Waals surface area contributed by atoms with Crippen LogP contribution in [0.4, 0.5) is 10.6 Å². The molecule has 0 radical (unpaired) electrons. The Kier molecular flexibility index (Phi) is 9.48. The largest absolute Gasteiger partial charge is 0.484 e. The standard InChI is InChI=1S/C28H33N7O2.C6H13N.2H2/c1-17(2)26-31-23(28(3,4)5)14-24(32-26)33-27(36)30-21-11-12-22(20-9-7-6-8-19(20)21)37-18-10-13-25-34-29-16-35(25)15-18;1-6-4-3-5-7(6)2;;/h6-10,13-17,21-22H,11-12H2,1-5H3,(H2,30,31,32,33,36);6H,3-5H2,1-2H3;2*1H/t21-,22+;6-;;/m00../s1. The van der Waals surface area contributed by atoms with Gasteiger partial charge < -0.3 is 15.0 Å². The van der Waals surface area contributed by atoms with Crippen LogP contribution >= 0.6 is 0 Å². The Balaban J connectivity index is 0.000000568. The first-order valence-electron chi connectivity index (χ1n) is 15.7. The summed E-state index contributed by atoms with van der Waals surface area (Å²) < 4.78 is 8.20. The molecule has 6 rings (SSSR count). The fourth-order valence-electron chi connectivity index (χ4n) is 5.62. The van der Waals surface area contributed by atoms with Crippen molar-refractivity contribution in [2.75, 3.05) is 18.9 Å². The minimum atomic E-state index is -0.287.